The molecule has 4 heteroatoms. The molecule has 12 heavy (non-hydrogen) atoms. The van der Waals surface area contributed by atoms with Crippen LogP contribution in [0.1, 0.15) is 10.4 Å². The number of carbonyl (C=O) groups is 1. The smallest absolute Gasteiger partial charge is 0.337 e. The number of anilines is 2. The van der Waals surface area contributed by atoms with Gasteiger partial charge < -0.3 is 16.2 Å². The van der Waals surface area contributed by atoms with Gasteiger partial charge in [0.15, 0.2) is 0 Å². The van der Waals surface area contributed by atoms with Gasteiger partial charge in [-0.2, -0.15) is 0 Å². The van der Waals surface area contributed by atoms with Crippen LogP contribution in [0.25, 0.3) is 0 Å². The van der Waals surface area contributed by atoms with Crippen molar-refractivity contribution in [3.63, 3.8) is 0 Å². The summed E-state index contributed by atoms with van der Waals surface area (Å²) in [5.41, 5.74) is 6.58. The number of hydrogen-bond acceptors (Lipinski definition) is 3. The lowest BCUT2D eigenvalue weighted by atomic mass is 10.1. The van der Waals surface area contributed by atoms with Gasteiger partial charge in [0.1, 0.15) is 0 Å². The van der Waals surface area contributed by atoms with Gasteiger partial charge in [-0.3, -0.25) is 0 Å². The molecule has 0 aliphatic heterocycles. The zero-order chi connectivity index (χ0) is 9.14. The number of aromatic carboxylic acids is 1. The standard InChI is InChI=1S/C8H10N2O2/c1-10-5-2-3-7(9)6(4-5)8(11)12/h2-4,10H,9H2,1H3,(H,11,12). The fourth-order valence-electron chi connectivity index (χ4n) is 0.897. The number of nitrogens with one attached hydrogen (secondary N) is 1. The topological polar surface area (TPSA) is 75.3 Å². The molecule has 0 amide bonds. The quantitative estimate of drug-likeness (QED) is 0.573. The van der Waals surface area contributed by atoms with Crippen molar-refractivity contribution in [3.8, 4) is 0 Å². The number of hydrogen-bond donors (Lipinski definition) is 3. The van der Waals surface area contributed by atoms with Crippen LogP contribution in [0, 0.1) is 0 Å². The van der Waals surface area contributed by atoms with Crippen LogP contribution >= 0.6 is 0 Å². The highest BCUT2D eigenvalue weighted by Gasteiger charge is 2.07. The van der Waals surface area contributed by atoms with Crippen LogP contribution in [0.4, 0.5) is 11.4 Å². The first-order valence-corrected chi connectivity index (χ1v) is 3.45. The lowest BCUT2D eigenvalue weighted by molar-refractivity contribution is 0.0698. The van der Waals surface area contributed by atoms with Gasteiger partial charge in [0, 0.05) is 18.4 Å². The number of nitrogens with two attached hydrogens (primary N) is 1. The molecular formula is C8H10N2O2. The van der Waals surface area contributed by atoms with Gasteiger partial charge in [0.05, 0.1) is 5.56 Å². The number of rotatable bonds is 2. The summed E-state index contributed by atoms with van der Waals surface area (Å²) in [4.78, 5) is 10.6. The summed E-state index contributed by atoms with van der Waals surface area (Å²) < 4.78 is 0. The van der Waals surface area contributed by atoms with Gasteiger partial charge in [0.25, 0.3) is 0 Å². The van der Waals surface area contributed by atoms with Crippen LogP contribution in [0.3, 0.4) is 0 Å². The third kappa shape index (κ3) is 1.47. The summed E-state index contributed by atoms with van der Waals surface area (Å²) in [5, 5.41) is 11.5. The van der Waals surface area contributed by atoms with E-state index in [1.54, 1.807) is 19.2 Å². The van der Waals surface area contributed by atoms with Crippen LogP contribution in [-0.2, 0) is 0 Å². The van der Waals surface area contributed by atoms with E-state index in [0.29, 0.717) is 0 Å². The molecule has 64 valence electrons. The molecule has 0 unspecified atom stereocenters. The molecule has 0 aliphatic rings. The van der Waals surface area contributed by atoms with E-state index in [1.807, 2.05) is 0 Å². The second-order valence-electron chi connectivity index (χ2n) is 2.36. The lowest BCUT2D eigenvalue weighted by Gasteiger charge is -2.03. The monoisotopic (exact) mass is 166 g/mol. The molecule has 0 bridgehead atoms. The third-order valence-corrected chi connectivity index (χ3v) is 1.57. The zero-order valence-corrected chi connectivity index (χ0v) is 6.66. The molecule has 0 heterocycles. The SMILES string of the molecule is CNc1ccc(N)c(C(=O)O)c1. The fraction of sp³-hybridized carbons (Fsp3) is 0.125. The van der Waals surface area contributed by atoms with Gasteiger partial charge in [0.2, 0.25) is 0 Å². The predicted molar refractivity (Wildman–Crippen MR) is 47.4 cm³/mol. The molecule has 0 aromatic heterocycles. The van der Waals surface area contributed by atoms with Crippen molar-refractivity contribution >= 4 is 17.3 Å². The van der Waals surface area contributed by atoms with Crippen molar-refractivity contribution in [1.29, 1.82) is 0 Å². The molecule has 4 nitrogen and oxygen atoms in total. The van der Waals surface area contributed by atoms with Crippen molar-refractivity contribution in [2.24, 2.45) is 0 Å². The van der Waals surface area contributed by atoms with Crippen molar-refractivity contribution < 1.29 is 9.90 Å². The van der Waals surface area contributed by atoms with E-state index >= 15 is 0 Å². The van der Waals surface area contributed by atoms with E-state index in [1.165, 1.54) is 6.07 Å². The highest BCUT2D eigenvalue weighted by molar-refractivity contribution is 5.94. The Kier molecular flexibility index (Phi) is 2.19. The molecule has 0 radical (unpaired) electrons. The zero-order valence-electron chi connectivity index (χ0n) is 6.66. The summed E-state index contributed by atoms with van der Waals surface area (Å²) in [6, 6.07) is 4.79. The van der Waals surface area contributed by atoms with Gasteiger partial charge in [-0.25, -0.2) is 4.79 Å². The Morgan fingerprint density at radius 1 is 1.58 bits per heavy atom. The third-order valence-electron chi connectivity index (χ3n) is 1.57. The minimum Gasteiger partial charge on any atom is -0.478 e. The highest BCUT2D eigenvalue weighted by atomic mass is 16.4. The minimum absolute atomic E-state index is 0.127. The second-order valence-corrected chi connectivity index (χ2v) is 2.36. The average Bonchev–Trinajstić information content (AvgIpc) is 2.05. The summed E-state index contributed by atoms with van der Waals surface area (Å²) in [7, 11) is 1.72. The van der Waals surface area contributed by atoms with Crippen LogP contribution in [0.5, 0.6) is 0 Å². The van der Waals surface area contributed by atoms with Crippen molar-refractivity contribution in [1.82, 2.24) is 0 Å². The van der Waals surface area contributed by atoms with E-state index in [2.05, 4.69) is 5.32 Å². The van der Waals surface area contributed by atoms with Crippen LogP contribution < -0.4 is 11.1 Å². The molecule has 1 rings (SSSR count). The Labute approximate surface area is 70.0 Å². The molecule has 0 aliphatic carbocycles. The van der Waals surface area contributed by atoms with Gasteiger partial charge in [-0.05, 0) is 18.2 Å². The molecule has 0 atom stereocenters. The minimum atomic E-state index is -1.01. The van der Waals surface area contributed by atoms with E-state index in [4.69, 9.17) is 10.8 Å². The summed E-state index contributed by atoms with van der Waals surface area (Å²) in [5.74, 6) is -1.01. The first-order chi connectivity index (χ1) is 5.65. The first kappa shape index (κ1) is 8.39. The summed E-state index contributed by atoms with van der Waals surface area (Å²) in [6.45, 7) is 0. The molecule has 4 N–H and O–H groups in total. The van der Waals surface area contributed by atoms with E-state index in [0.717, 1.165) is 5.69 Å². The molecular weight excluding hydrogens is 156 g/mol. The van der Waals surface area contributed by atoms with Crippen LogP contribution in [0.15, 0.2) is 18.2 Å². The van der Waals surface area contributed by atoms with Crippen molar-refractivity contribution in [2.45, 2.75) is 0 Å². The number of carboxylic acids is 1. The maximum Gasteiger partial charge on any atom is 0.337 e. The molecule has 0 spiro atoms. The van der Waals surface area contributed by atoms with Gasteiger partial charge in [-0.15, -0.1) is 0 Å². The Hall–Kier alpha value is -1.71. The van der Waals surface area contributed by atoms with E-state index in [9.17, 15) is 4.79 Å². The Morgan fingerprint density at radius 3 is 2.75 bits per heavy atom. The second kappa shape index (κ2) is 3.13. The molecule has 1 aromatic carbocycles. The average molecular weight is 166 g/mol. The van der Waals surface area contributed by atoms with E-state index in [-0.39, 0.29) is 11.3 Å². The first-order valence-electron chi connectivity index (χ1n) is 3.45. The number of nitrogen functional groups attached to an aromatic ring is 1. The molecule has 0 saturated carbocycles. The normalized spacial score (nSPS) is 9.42. The maximum atomic E-state index is 10.6. The predicted octanol–water partition coefficient (Wildman–Crippen LogP) is 1.01. The molecule has 1 aromatic rings. The Balaban J connectivity index is 3.17. The summed E-state index contributed by atoms with van der Waals surface area (Å²) in [6.07, 6.45) is 0. The summed E-state index contributed by atoms with van der Waals surface area (Å²) >= 11 is 0. The van der Waals surface area contributed by atoms with E-state index < -0.39 is 5.97 Å². The maximum absolute atomic E-state index is 10.6. The molecule has 0 saturated heterocycles. The van der Waals surface area contributed by atoms with Gasteiger partial charge in [-0.1, -0.05) is 0 Å². The molecule has 0 fully saturated rings. The van der Waals surface area contributed by atoms with Gasteiger partial charge >= 0.3 is 5.97 Å². The lowest BCUT2D eigenvalue weighted by Crippen LogP contribution is -2.03. The van der Waals surface area contributed by atoms with Crippen molar-refractivity contribution in [3.05, 3.63) is 23.8 Å². The number of benzene rings is 1. The van der Waals surface area contributed by atoms with Crippen LogP contribution in [-0.4, -0.2) is 18.1 Å². The largest absolute Gasteiger partial charge is 0.478 e. The van der Waals surface area contributed by atoms with Crippen molar-refractivity contribution in [2.75, 3.05) is 18.1 Å². The Morgan fingerprint density at radius 2 is 2.25 bits per heavy atom. The highest BCUT2D eigenvalue weighted by Crippen LogP contribution is 2.16. The fourth-order valence-corrected chi connectivity index (χ4v) is 0.897. The van der Waals surface area contributed by atoms with Crippen LogP contribution in [0.2, 0.25) is 0 Å². The Bertz CT molecular complexity index is 310. The number of carboxylic acid groups (broad SMARTS) is 1.